The highest BCUT2D eigenvalue weighted by Crippen LogP contribution is 2.12. The summed E-state index contributed by atoms with van der Waals surface area (Å²) in [6.07, 6.45) is 0.832. The van der Waals surface area contributed by atoms with Crippen LogP contribution in [-0.2, 0) is 4.79 Å². The van der Waals surface area contributed by atoms with Gasteiger partial charge >= 0.3 is 6.03 Å². The zero-order valence-electron chi connectivity index (χ0n) is 17.6. The van der Waals surface area contributed by atoms with Gasteiger partial charge in [-0.15, -0.1) is 0 Å². The summed E-state index contributed by atoms with van der Waals surface area (Å²) in [4.78, 5) is 40.3. The Kier molecular flexibility index (Phi) is 7.59. The molecule has 1 aliphatic rings. The van der Waals surface area contributed by atoms with E-state index in [4.69, 9.17) is 0 Å². The molecular formula is C23H27FN4O3. The maximum absolute atomic E-state index is 12.9. The minimum Gasteiger partial charge on any atom is -0.352 e. The van der Waals surface area contributed by atoms with Gasteiger partial charge in [-0.25, -0.2) is 9.18 Å². The highest BCUT2D eigenvalue weighted by Gasteiger charge is 2.24. The van der Waals surface area contributed by atoms with Gasteiger partial charge in [-0.1, -0.05) is 12.1 Å². The molecule has 2 N–H and O–H groups in total. The van der Waals surface area contributed by atoms with Crippen LogP contribution in [0.1, 0.15) is 28.8 Å². The van der Waals surface area contributed by atoms with Crippen LogP contribution in [0.25, 0.3) is 0 Å². The number of piperazine rings is 1. The van der Waals surface area contributed by atoms with Crippen molar-refractivity contribution in [1.29, 1.82) is 0 Å². The van der Waals surface area contributed by atoms with Crippen LogP contribution >= 0.6 is 0 Å². The van der Waals surface area contributed by atoms with Crippen molar-refractivity contribution in [3.05, 3.63) is 65.5 Å². The van der Waals surface area contributed by atoms with Gasteiger partial charge in [0.2, 0.25) is 5.91 Å². The average Bonchev–Trinajstić information content (AvgIpc) is 2.77. The number of hydrogen-bond donors (Lipinski definition) is 2. The Morgan fingerprint density at radius 3 is 2.32 bits per heavy atom. The minimum absolute atomic E-state index is 0.00905. The molecule has 0 spiro atoms. The smallest absolute Gasteiger partial charge is 0.321 e. The second-order valence-electron chi connectivity index (χ2n) is 7.53. The Hall–Kier alpha value is -3.42. The monoisotopic (exact) mass is 426 g/mol. The van der Waals surface area contributed by atoms with Crippen molar-refractivity contribution < 1.29 is 18.8 Å². The second-order valence-corrected chi connectivity index (χ2v) is 7.53. The fourth-order valence-corrected chi connectivity index (χ4v) is 3.39. The van der Waals surface area contributed by atoms with E-state index in [1.54, 1.807) is 9.80 Å². The topological polar surface area (TPSA) is 81.8 Å². The van der Waals surface area contributed by atoms with Gasteiger partial charge in [-0.2, -0.15) is 0 Å². The molecule has 8 heteroatoms. The number of urea groups is 1. The molecule has 0 bridgehead atoms. The predicted octanol–water partition coefficient (Wildman–Crippen LogP) is 3.02. The summed E-state index contributed by atoms with van der Waals surface area (Å²) < 4.78 is 12.9. The molecular weight excluding hydrogens is 399 g/mol. The van der Waals surface area contributed by atoms with Gasteiger partial charge in [0.25, 0.3) is 5.91 Å². The normalized spacial score (nSPS) is 13.6. The molecule has 2 aromatic carbocycles. The van der Waals surface area contributed by atoms with Crippen LogP contribution in [-0.4, -0.2) is 60.4 Å². The molecule has 0 unspecified atom stereocenters. The molecule has 4 amide bonds. The summed E-state index contributed by atoms with van der Waals surface area (Å²) in [5, 5.41) is 5.62. The summed E-state index contributed by atoms with van der Waals surface area (Å²) >= 11 is 0. The lowest BCUT2D eigenvalue weighted by Crippen LogP contribution is -2.51. The quantitative estimate of drug-likeness (QED) is 0.697. The second kappa shape index (κ2) is 10.6. The van der Waals surface area contributed by atoms with Crippen LogP contribution in [0.15, 0.2) is 48.5 Å². The van der Waals surface area contributed by atoms with E-state index in [1.807, 2.05) is 31.2 Å². The summed E-state index contributed by atoms with van der Waals surface area (Å²) in [5.74, 6) is -0.676. The standard InChI is InChI=1S/C23H27FN4O3/c1-17-4-2-5-20(16-17)26-23(31)28-14-12-27(13-15-28)21(29)6-3-11-25-22(30)18-7-9-19(24)10-8-18/h2,4-5,7-10,16H,3,6,11-15H2,1H3,(H,25,30)(H,26,31). The molecule has 1 aliphatic heterocycles. The summed E-state index contributed by atoms with van der Waals surface area (Å²) in [6, 6.07) is 12.8. The third-order valence-electron chi connectivity index (χ3n) is 5.15. The highest BCUT2D eigenvalue weighted by molar-refractivity contribution is 5.94. The number of halogens is 1. The zero-order chi connectivity index (χ0) is 22.2. The van der Waals surface area contributed by atoms with Crippen molar-refractivity contribution in [3.8, 4) is 0 Å². The Morgan fingerprint density at radius 2 is 1.65 bits per heavy atom. The maximum atomic E-state index is 12.9. The molecule has 0 saturated carbocycles. The number of nitrogens with one attached hydrogen (secondary N) is 2. The first-order valence-electron chi connectivity index (χ1n) is 10.4. The molecule has 1 heterocycles. The Balaban J connectivity index is 1.34. The molecule has 0 radical (unpaired) electrons. The number of nitrogens with zero attached hydrogens (tertiary/aromatic N) is 2. The summed E-state index contributed by atoms with van der Waals surface area (Å²) in [7, 11) is 0. The van der Waals surface area contributed by atoms with Crippen molar-refractivity contribution in [3.63, 3.8) is 0 Å². The number of carbonyl (C=O) groups is 3. The first kappa shape index (κ1) is 22.3. The van der Waals surface area contributed by atoms with Crippen LogP contribution in [0.5, 0.6) is 0 Å². The van der Waals surface area contributed by atoms with Gasteiger partial charge < -0.3 is 20.4 Å². The Labute approximate surface area is 181 Å². The SMILES string of the molecule is Cc1cccc(NC(=O)N2CCN(C(=O)CCCNC(=O)c3ccc(F)cc3)CC2)c1. The fourth-order valence-electron chi connectivity index (χ4n) is 3.39. The van der Waals surface area contributed by atoms with Crippen molar-refractivity contribution in [2.45, 2.75) is 19.8 Å². The number of hydrogen-bond acceptors (Lipinski definition) is 3. The van der Waals surface area contributed by atoms with Crippen LogP contribution in [0, 0.1) is 12.7 Å². The largest absolute Gasteiger partial charge is 0.352 e. The first-order chi connectivity index (χ1) is 14.9. The third kappa shape index (κ3) is 6.53. The van der Waals surface area contributed by atoms with E-state index in [1.165, 1.54) is 24.3 Å². The van der Waals surface area contributed by atoms with Crippen molar-refractivity contribution in [2.24, 2.45) is 0 Å². The first-order valence-corrected chi connectivity index (χ1v) is 10.4. The molecule has 0 atom stereocenters. The molecule has 3 rings (SSSR count). The van der Waals surface area contributed by atoms with Gasteiger partial charge in [0.1, 0.15) is 5.82 Å². The van der Waals surface area contributed by atoms with E-state index < -0.39 is 5.82 Å². The van der Waals surface area contributed by atoms with E-state index in [-0.39, 0.29) is 17.8 Å². The number of carbonyl (C=O) groups excluding carboxylic acids is 3. The zero-order valence-corrected chi connectivity index (χ0v) is 17.6. The van der Waals surface area contributed by atoms with Gasteiger partial charge in [0.15, 0.2) is 0 Å². The summed E-state index contributed by atoms with van der Waals surface area (Å²) in [6.45, 7) is 4.26. The van der Waals surface area contributed by atoms with Crippen molar-refractivity contribution >= 4 is 23.5 Å². The molecule has 2 aromatic rings. The van der Waals surface area contributed by atoms with Gasteiger partial charge in [0.05, 0.1) is 0 Å². The molecule has 0 aliphatic carbocycles. The van der Waals surface area contributed by atoms with Crippen molar-refractivity contribution in [2.75, 3.05) is 38.0 Å². The van der Waals surface area contributed by atoms with Crippen molar-refractivity contribution in [1.82, 2.24) is 15.1 Å². The lowest BCUT2D eigenvalue weighted by Gasteiger charge is -2.34. The molecule has 7 nitrogen and oxygen atoms in total. The van der Waals surface area contributed by atoms with Gasteiger partial charge in [-0.05, 0) is 55.3 Å². The van der Waals surface area contributed by atoms with E-state index >= 15 is 0 Å². The number of amides is 4. The van der Waals surface area contributed by atoms with E-state index in [0.717, 1.165) is 11.3 Å². The minimum atomic E-state index is -0.394. The number of benzene rings is 2. The molecule has 1 fully saturated rings. The number of rotatable bonds is 6. The van der Waals surface area contributed by atoms with Crippen LogP contribution in [0.4, 0.5) is 14.9 Å². The maximum Gasteiger partial charge on any atom is 0.321 e. The molecule has 31 heavy (non-hydrogen) atoms. The molecule has 164 valence electrons. The lowest BCUT2D eigenvalue weighted by atomic mass is 10.2. The van der Waals surface area contributed by atoms with Crippen LogP contribution in [0.2, 0.25) is 0 Å². The molecule has 1 saturated heterocycles. The van der Waals surface area contributed by atoms with E-state index in [9.17, 15) is 18.8 Å². The predicted molar refractivity (Wildman–Crippen MR) is 116 cm³/mol. The molecule has 0 aromatic heterocycles. The Bertz CT molecular complexity index is 925. The highest BCUT2D eigenvalue weighted by atomic mass is 19.1. The van der Waals surface area contributed by atoms with E-state index in [0.29, 0.717) is 51.1 Å². The van der Waals surface area contributed by atoms with Crippen LogP contribution < -0.4 is 10.6 Å². The van der Waals surface area contributed by atoms with Crippen LogP contribution in [0.3, 0.4) is 0 Å². The number of aryl methyl sites for hydroxylation is 1. The third-order valence-corrected chi connectivity index (χ3v) is 5.15. The lowest BCUT2D eigenvalue weighted by molar-refractivity contribution is -0.132. The fraction of sp³-hybridized carbons (Fsp3) is 0.348. The average molecular weight is 426 g/mol. The van der Waals surface area contributed by atoms with Gasteiger partial charge in [-0.3, -0.25) is 9.59 Å². The van der Waals surface area contributed by atoms with E-state index in [2.05, 4.69) is 10.6 Å². The number of anilines is 1. The summed E-state index contributed by atoms with van der Waals surface area (Å²) in [5.41, 5.74) is 2.21. The van der Waals surface area contributed by atoms with Gasteiger partial charge in [0, 0.05) is 50.4 Å². The Morgan fingerprint density at radius 1 is 0.968 bits per heavy atom.